The minimum atomic E-state index is -0.267. The molecule has 142 valence electrons. The van der Waals surface area contributed by atoms with Gasteiger partial charge >= 0.3 is 0 Å². The predicted molar refractivity (Wildman–Crippen MR) is 108 cm³/mol. The Labute approximate surface area is 160 Å². The van der Waals surface area contributed by atoms with Crippen LogP contribution in [0.5, 0.6) is 0 Å². The molecule has 5 nitrogen and oxygen atoms in total. The van der Waals surface area contributed by atoms with Crippen molar-refractivity contribution in [3.8, 4) is 5.69 Å². The molecular formula is C22H21FN4O. The third kappa shape index (κ3) is 2.24. The highest BCUT2D eigenvalue weighted by Gasteiger charge is 2.36. The number of rotatable bonds is 2. The van der Waals surface area contributed by atoms with Gasteiger partial charge in [0.1, 0.15) is 5.82 Å². The van der Waals surface area contributed by atoms with Crippen LogP contribution in [0, 0.1) is 11.7 Å². The molecule has 0 spiro atoms. The summed E-state index contributed by atoms with van der Waals surface area (Å²) in [5.74, 6) is 0.641. The van der Waals surface area contributed by atoms with Crippen molar-refractivity contribution in [3.05, 3.63) is 64.3 Å². The molecule has 0 amide bonds. The third-order valence-electron chi connectivity index (χ3n) is 6.66. The Morgan fingerprint density at radius 3 is 2.57 bits per heavy atom. The van der Waals surface area contributed by atoms with Crippen LogP contribution in [0.2, 0.25) is 0 Å². The minimum Gasteiger partial charge on any atom is -0.365 e. The SMILES string of the molecule is O=c1c(C2CN3CCC2CC3)cc2[nH]n(-c3ccc(F)cc3)c3c[nH]cc1c23. The Balaban J connectivity index is 1.58. The van der Waals surface area contributed by atoms with Crippen molar-refractivity contribution in [2.45, 2.75) is 18.8 Å². The number of nitrogens with zero attached hydrogens (tertiary/aromatic N) is 2. The lowest BCUT2D eigenvalue weighted by Crippen LogP contribution is -2.47. The number of hydrogen-bond donors (Lipinski definition) is 2. The predicted octanol–water partition coefficient (Wildman–Crippen LogP) is 3.75. The first-order valence-corrected chi connectivity index (χ1v) is 9.91. The van der Waals surface area contributed by atoms with E-state index in [-0.39, 0.29) is 11.2 Å². The van der Waals surface area contributed by atoms with E-state index in [1.165, 1.54) is 25.0 Å². The van der Waals surface area contributed by atoms with E-state index in [1.54, 1.807) is 12.1 Å². The maximum absolute atomic E-state index is 13.4. The Morgan fingerprint density at radius 2 is 1.86 bits per heavy atom. The van der Waals surface area contributed by atoms with Gasteiger partial charge in [-0.3, -0.25) is 14.6 Å². The third-order valence-corrected chi connectivity index (χ3v) is 6.66. The molecule has 6 heteroatoms. The van der Waals surface area contributed by atoms with Crippen LogP contribution in [0.1, 0.15) is 24.3 Å². The highest BCUT2D eigenvalue weighted by atomic mass is 19.1. The second kappa shape index (κ2) is 5.82. The summed E-state index contributed by atoms with van der Waals surface area (Å²) in [6, 6.07) is 8.42. The molecule has 28 heavy (non-hydrogen) atoms. The number of fused-ring (bicyclic) bond motifs is 3. The van der Waals surface area contributed by atoms with Crippen molar-refractivity contribution in [1.82, 2.24) is 19.7 Å². The number of hydrogen-bond acceptors (Lipinski definition) is 2. The van der Waals surface area contributed by atoms with Crippen molar-refractivity contribution in [2.75, 3.05) is 19.6 Å². The van der Waals surface area contributed by atoms with Crippen LogP contribution in [0.15, 0.2) is 47.5 Å². The summed E-state index contributed by atoms with van der Waals surface area (Å²) in [4.78, 5) is 19.0. The zero-order chi connectivity index (χ0) is 18.8. The molecular weight excluding hydrogens is 355 g/mol. The second-order valence-corrected chi connectivity index (χ2v) is 8.14. The number of aromatic amines is 2. The highest BCUT2D eigenvalue weighted by molar-refractivity contribution is 6.07. The fourth-order valence-electron chi connectivity index (χ4n) is 5.23. The van der Waals surface area contributed by atoms with Crippen LogP contribution in [0.25, 0.3) is 27.5 Å². The van der Waals surface area contributed by atoms with Gasteiger partial charge in [-0.1, -0.05) is 0 Å². The van der Waals surface area contributed by atoms with Crippen LogP contribution < -0.4 is 5.43 Å². The molecule has 5 heterocycles. The minimum absolute atomic E-state index is 0.137. The molecule has 1 atom stereocenters. The molecule has 0 radical (unpaired) electrons. The van der Waals surface area contributed by atoms with E-state index in [2.05, 4.69) is 21.0 Å². The van der Waals surface area contributed by atoms with Crippen molar-refractivity contribution >= 4 is 21.8 Å². The summed E-state index contributed by atoms with van der Waals surface area (Å²) in [7, 11) is 0. The molecule has 1 unspecified atom stereocenters. The number of nitrogens with one attached hydrogen (secondary N) is 2. The van der Waals surface area contributed by atoms with Gasteiger partial charge in [0, 0.05) is 41.2 Å². The van der Waals surface area contributed by atoms with Gasteiger partial charge in [-0.15, -0.1) is 0 Å². The van der Waals surface area contributed by atoms with E-state index in [9.17, 15) is 9.18 Å². The molecule has 2 aromatic heterocycles. The van der Waals surface area contributed by atoms with Crippen LogP contribution >= 0.6 is 0 Å². The first kappa shape index (κ1) is 16.1. The number of pyridine rings is 1. The first-order chi connectivity index (χ1) is 13.7. The van der Waals surface area contributed by atoms with E-state index in [0.29, 0.717) is 11.8 Å². The fourth-order valence-corrected chi connectivity index (χ4v) is 5.23. The van der Waals surface area contributed by atoms with Gasteiger partial charge in [0.25, 0.3) is 0 Å². The number of aromatic nitrogens is 3. The molecule has 0 aliphatic carbocycles. The zero-order valence-electron chi connectivity index (χ0n) is 15.4. The van der Waals surface area contributed by atoms with Crippen LogP contribution in [-0.4, -0.2) is 39.3 Å². The summed E-state index contributed by atoms with van der Waals surface area (Å²) in [5, 5.41) is 5.08. The van der Waals surface area contributed by atoms with Gasteiger partial charge in [0.2, 0.25) is 0 Å². The van der Waals surface area contributed by atoms with Gasteiger partial charge < -0.3 is 9.88 Å². The second-order valence-electron chi connectivity index (χ2n) is 8.14. The van der Waals surface area contributed by atoms with Gasteiger partial charge in [-0.2, -0.15) is 0 Å². The van der Waals surface area contributed by atoms with Crippen molar-refractivity contribution in [2.24, 2.45) is 5.92 Å². The average molecular weight is 376 g/mol. The Hall–Kier alpha value is -2.86. The first-order valence-electron chi connectivity index (χ1n) is 9.91. The number of H-pyrrole nitrogens is 2. The lowest BCUT2D eigenvalue weighted by molar-refractivity contribution is 0.0868. The normalized spacial score (nSPS) is 24.4. The molecule has 3 saturated heterocycles. The number of benzene rings is 2. The zero-order valence-corrected chi connectivity index (χ0v) is 15.4. The number of halogens is 1. The van der Waals surface area contributed by atoms with Gasteiger partial charge in [0.05, 0.1) is 16.7 Å². The van der Waals surface area contributed by atoms with E-state index < -0.39 is 0 Å². The molecule has 3 aliphatic heterocycles. The molecule has 0 saturated carbocycles. The summed E-state index contributed by atoms with van der Waals surface area (Å²) in [6.07, 6.45) is 6.05. The maximum Gasteiger partial charge on any atom is 0.191 e. The monoisotopic (exact) mass is 376 g/mol. The Bertz CT molecular complexity index is 1240. The molecule has 2 aromatic carbocycles. The summed E-state index contributed by atoms with van der Waals surface area (Å²) in [5.41, 5.74) is 3.73. The van der Waals surface area contributed by atoms with E-state index in [1.807, 2.05) is 17.1 Å². The van der Waals surface area contributed by atoms with Crippen LogP contribution in [0.3, 0.4) is 0 Å². The summed E-state index contributed by atoms with van der Waals surface area (Å²) in [6.45, 7) is 3.30. The average Bonchev–Trinajstić information content (AvgIpc) is 3.11. The highest BCUT2D eigenvalue weighted by Crippen LogP contribution is 2.39. The molecule has 2 bridgehead atoms. The van der Waals surface area contributed by atoms with Gasteiger partial charge in [-0.25, -0.2) is 4.39 Å². The van der Waals surface area contributed by atoms with Crippen LogP contribution in [0.4, 0.5) is 4.39 Å². The lowest BCUT2D eigenvalue weighted by Gasteiger charge is -2.44. The Kier molecular flexibility index (Phi) is 3.35. The maximum atomic E-state index is 13.4. The van der Waals surface area contributed by atoms with Crippen molar-refractivity contribution in [1.29, 1.82) is 0 Å². The topological polar surface area (TPSA) is 56.8 Å². The fraction of sp³-hybridized carbons (Fsp3) is 0.318. The quantitative estimate of drug-likeness (QED) is 0.560. The molecule has 2 N–H and O–H groups in total. The Morgan fingerprint density at radius 1 is 1.07 bits per heavy atom. The van der Waals surface area contributed by atoms with Gasteiger partial charge in [0.15, 0.2) is 5.43 Å². The van der Waals surface area contributed by atoms with Crippen molar-refractivity contribution < 1.29 is 4.39 Å². The van der Waals surface area contributed by atoms with Crippen LogP contribution in [-0.2, 0) is 0 Å². The van der Waals surface area contributed by atoms with E-state index in [4.69, 9.17) is 0 Å². The lowest BCUT2D eigenvalue weighted by atomic mass is 9.75. The standard InChI is InChI=1S/C22H21FN4O/c23-14-1-3-15(4-2-14)27-20-11-24-10-17-21(20)19(25-27)9-16(22(17)28)18-12-26-7-5-13(18)6-8-26/h1-4,9-11,13,18,24-25H,5-8,12H2. The number of piperidine rings is 3. The van der Waals surface area contributed by atoms with E-state index in [0.717, 1.165) is 52.7 Å². The summed E-state index contributed by atoms with van der Waals surface area (Å²) >= 11 is 0. The van der Waals surface area contributed by atoms with E-state index >= 15 is 0 Å². The molecule has 3 fully saturated rings. The van der Waals surface area contributed by atoms with Crippen molar-refractivity contribution in [3.63, 3.8) is 0 Å². The molecule has 4 aromatic rings. The smallest absolute Gasteiger partial charge is 0.191 e. The molecule has 7 rings (SSSR count). The largest absolute Gasteiger partial charge is 0.365 e. The summed E-state index contributed by atoms with van der Waals surface area (Å²) < 4.78 is 15.3. The van der Waals surface area contributed by atoms with Gasteiger partial charge in [-0.05, 0) is 62.2 Å². The molecule has 3 aliphatic rings.